The molecule has 0 aliphatic rings. The molecule has 26 heavy (non-hydrogen) atoms. The predicted octanol–water partition coefficient (Wildman–Crippen LogP) is 3.39. The van der Waals surface area contributed by atoms with Crippen LogP contribution in [0, 0.1) is 0 Å². The van der Waals surface area contributed by atoms with Gasteiger partial charge < -0.3 is 19.5 Å². The highest BCUT2D eigenvalue weighted by Gasteiger charge is 2.15. The van der Waals surface area contributed by atoms with Crippen LogP contribution in [0.15, 0.2) is 42.5 Å². The Morgan fingerprint density at radius 2 is 1.85 bits per heavy atom. The fourth-order valence-electron chi connectivity index (χ4n) is 2.36. The van der Waals surface area contributed by atoms with Crippen LogP contribution >= 0.6 is 11.6 Å². The molecule has 0 saturated heterocycles. The second kappa shape index (κ2) is 9.10. The van der Waals surface area contributed by atoms with Crippen LogP contribution < -0.4 is 14.8 Å². The van der Waals surface area contributed by atoms with E-state index in [1.807, 2.05) is 25.1 Å². The van der Waals surface area contributed by atoms with Gasteiger partial charge in [-0.15, -0.1) is 0 Å². The van der Waals surface area contributed by atoms with Gasteiger partial charge in [0.25, 0.3) is 5.91 Å². The first-order chi connectivity index (χ1) is 12.5. The number of halogens is 1. The van der Waals surface area contributed by atoms with E-state index in [4.69, 9.17) is 21.1 Å². The molecule has 0 spiro atoms. The fraction of sp³-hybridized carbons (Fsp3) is 0.263. The van der Waals surface area contributed by atoms with Gasteiger partial charge in [0.15, 0.2) is 18.1 Å². The first-order valence-electron chi connectivity index (χ1n) is 7.89. The highest BCUT2D eigenvalue weighted by atomic mass is 35.5. The smallest absolute Gasteiger partial charge is 0.337 e. The van der Waals surface area contributed by atoms with E-state index in [-0.39, 0.29) is 18.6 Å². The molecule has 7 heteroatoms. The molecule has 6 nitrogen and oxygen atoms in total. The molecule has 2 rings (SSSR count). The largest absolute Gasteiger partial charge is 0.493 e. The SMILES string of the molecule is COC(=O)c1ccc(OCC(=O)N[C@@H](C)c2ccccc2Cl)c(OC)c1. The third-order valence-corrected chi connectivity index (χ3v) is 4.04. The molecule has 2 aromatic carbocycles. The zero-order chi connectivity index (χ0) is 19.1. The summed E-state index contributed by atoms with van der Waals surface area (Å²) in [4.78, 5) is 23.7. The minimum absolute atomic E-state index is 0.206. The molecular weight excluding hydrogens is 358 g/mol. The molecule has 2 aromatic rings. The van der Waals surface area contributed by atoms with E-state index in [2.05, 4.69) is 10.1 Å². The third kappa shape index (κ3) is 4.89. The summed E-state index contributed by atoms with van der Waals surface area (Å²) in [6.07, 6.45) is 0. The summed E-state index contributed by atoms with van der Waals surface area (Å²) in [5, 5.41) is 3.40. The summed E-state index contributed by atoms with van der Waals surface area (Å²) in [5.74, 6) is -0.113. The molecule has 0 fully saturated rings. The van der Waals surface area contributed by atoms with E-state index in [1.165, 1.54) is 26.4 Å². The van der Waals surface area contributed by atoms with Gasteiger partial charge in [-0.2, -0.15) is 0 Å². The average molecular weight is 378 g/mol. The molecular formula is C19H20ClNO5. The first kappa shape index (κ1) is 19.6. The Morgan fingerprint density at radius 3 is 2.50 bits per heavy atom. The summed E-state index contributed by atoms with van der Waals surface area (Å²) in [5.41, 5.74) is 1.15. The van der Waals surface area contributed by atoms with Crippen LogP contribution in [0.4, 0.5) is 0 Å². The minimum atomic E-state index is -0.485. The second-order valence-electron chi connectivity index (χ2n) is 5.46. The summed E-state index contributed by atoms with van der Waals surface area (Å²) in [6.45, 7) is 1.63. The van der Waals surface area contributed by atoms with E-state index in [1.54, 1.807) is 12.1 Å². The van der Waals surface area contributed by atoms with Crippen LogP contribution in [-0.4, -0.2) is 32.7 Å². The van der Waals surface area contributed by atoms with E-state index in [0.717, 1.165) is 5.56 Å². The standard InChI is InChI=1S/C19H20ClNO5/c1-12(14-6-4-5-7-15(14)20)21-18(22)11-26-16-9-8-13(19(23)25-3)10-17(16)24-2/h4-10,12H,11H2,1-3H3,(H,21,22)/t12-/m0/s1. The van der Waals surface area contributed by atoms with Crippen LogP contribution in [0.2, 0.25) is 5.02 Å². The molecule has 1 N–H and O–H groups in total. The molecule has 0 heterocycles. The Hall–Kier alpha value is -2.73. The van der Waals surface area contributed by atoms with E-state index in [9.17, 15) is 9.59 Å². The van der Waals surface area contributed by atoms with Gasteiger partial charge in [0.2, 0.25) is 0 Å². The molecule has 0 bridgehead atoms. The summed E-state index contributed by atoms with van der Waals surface area (Å²) >= 11 is 6.13. The Morgan fingerprint density at radius 1 is 1.12 bits per heavy atom. The zero-order valence-corrected chi connectivity index (χ0v) is 15.5. The maximum Gasteiger partial charge on any atom is 0.337 e. The Balaban J connectivity index is 1.98. The number of esters is 1. The molecule has 0 aromatic heterocycles. The second-order valence-corrected chi connectivity index (χ2v) is 5.86. The highest BCUT2D eigenvalue weighted by molar-refractivity contribution is 6.31. The van der Waals surface area contributed by atoms with E-state index in [0.29, 0.717) is 22.1 Å². The van der Waals surface area contributed by atoms with Crippen molar-refractivity contribution in [2.45, 2.75) is 13.0 Å². The van der Waals surface area contributed by atoms with Crippen molar-refractivity contribution in [2.24, 2.45) is 0 Å². The number of rotatable bonds is 7. The van der Waals surface area contributed by atoms with Crippen LogP contribution in [-0.2, 0) is 9.53 Å². The van der Waals surface area contributed by atoms with Gasteiger partial charge in [-0.05, 0) is 36.8 Å². The Bertz CT molecular complexity index is 793. The molecule has 0 aliphatic heterocycles. The van der Waals surface area contributed by atoms with Gasteiger partial charge in [-0.1, -0.05) is 29.8 Å². The summed E-state index contributed by atoms with van der Waals surface area (Å²) < 4.78 is 15.4. The number of ether oxygens (including phenoxy) is 3. The van der Waals surface area contributed by atoms with E-state index >= 15 is 0 Å². The van der Waals surface area contributed by atoms with Crippen molar-refractivity contribution in [3.63, 3.8) is 0 Å². The van der Waals surface area contributed by atoms with Crippen molar-refractivity contribution in [3.05, 3.63) is 58.6 Å². The molecule has 1 amide bonds. The number of carbonyl (C=O) groups excluding carboxylic acids is 2. The first-order valence-corrected chi connectivity index (χ1v) is 8.27. The van der Waals surface area contributed by atoms with Gasteiger partial charge in [0, 0.05) is 5.02 Å². The minimum Gasteiger partial charge on any atom is -0.493 e. The topological polar surface area (TPSA) is 73.9 Å². The maximum absolute atomic E-state index is 12.1. The van der Waals surface area contributed by atoms with Crippen molar-refractivity contribution in [3.8, 4) is 11.5 Å². The zero-order valence-electron chi connectivity index (χ0n) is 14.7. The number of methoxy groups -OCH3 is 2. The monoisotopic (exact) mass is 377 g/mol. The molecule has 0 unspecified atom stereocenters. The molecule has 0 radical (unpaired) electrons. The molecule has 1 atom stereocenters. The van der Waals surface area contributed by atoms with Crippen molar-refractivity contribution in [1.29, 1.82) is 0 Å². The van der Waals surface area contributed by atoms with Gasteiger partial charge in [0.05, 0.1) is 25.8 Å². The van der Waals surface area contributed by atoms with Crippen molar-refractivity contribution in [2.75, 3.05) is 20.8 Å². The highest BCUT2D eigenvalue weighted by Crippen LogP contribution is 2.28. The van der Waals surface area contributed by atoms with Crippen molar-refractivity contribution >= 4 is 23.5 Å². The molecule has 0 aliphatic carbocycles. The van der Waals surface area contributed by atoms with Crippen molar-refractivity contribution < 1.29 is 23.8 Å². The number of carbonyl (C=O) groups is 2. The van der Waals surface area contributed by atoms with Gasteiger partial charge in [-0.3, -0.25) is 4.79 Å². The quantitative estimate of drug-likeness (QED) is 0.748. The van der Waals surface area contributed by atoms with Gasteiger partial charge >= 0.3 is 5.97 Å². The molecule has 0 saturated carbocycles. The normalized spacial score (nSPS) is 11.4. The number of nitrogens with one attached hydrogen (secondary N) is 1. The lowest BCUT2D eigenvalue weighted by molar-refractivity contribution is -0.123. The van der Waals surface area contributed by atoms with E-state index < -0.39 is 5.97 Å². The fourth-order valence-corrected chi connectivity index (χ4v) is 2.66. The third-order valence-electron chi connectivity index (χ3n) is 3.69. The average Bonchev–Trinajstić information content (AvgIpc) is 2.65. The van der Waals surface area contributed by atoms with Crippen LogP contribution in [0.1, 0.15) is 28.9 Å². The van der Waals surface area contributed by atoms with Crippen LogP contribution in [0.3, 0.4) is 0 Å². The molecule has 138 valence electrons. The number of hydrogen-bond donors (Lipinski definition) is 1. The lowest BCUT2D eigenvalue weighted by Crippen LogP contribution is -2.31. The lowest BCUT2D eigenvalue weighted by Gasteiger charge is -2.16. The summed E-state index contributed by atoms with van der Waals surface area (Å²) in [7, 11) is 2.74. The Kier molecular flexibility index (Phi) is 6.86. The Labute approximate surface area is 157 Å². The predicted molar refractivity (Wildman–Crippen MR) is 97.8 cm³/mol. The van der Waals surface area contributed by atoms with Gasteiger partial charge in [-0.25, -0.2) is 4.79 Å². The number of amides is 1. The number of benzene rings is 2. The maximum atomic E-state index is 12.1. The van der Waals surface area contributed by atoms with Crippen molar-refractivity contribution in [1.82, 2.24) is 5.32 Å². The number of hydrogen-bond acceptors (Lipinski definition) is 5. The van der Waals surface area contributed by atoms with Crippen LogP contribution in [0.25, 0.3) is 0 Å². The van der Waals surface area contributed by atoms with Crippen LogP contribution in [0.5, 0.6) is 11.5 Å². The lowest BCUT2D eigenvalue weighted by atomic mass is 10.1. The van der Waals surface area contributed by atoms with Gasteiger partial charge in [0.1, 0.15) is 0 Å². The summed E-state index contributed by atoms with van der Waals surface area (Å²) in [6, 6.07) is 11.6.